The number of thioether (sulfide) groups is 3. The number of rotatable bonds is 11. The molecular formula is C21H23N7O6S4. The average Bonchev–Trinajstić information content (AvgIpc) is 3.33. The number of aromatic nitrogens is 2. The minimum Gasteiger partial charge on any atom is -0.477 e. The van der Waals surface area contributed by atoms with E-state index in [-0.39, 0.29) is 29.2 Å². The van der Waals surface area contributed by atoms with Gasteiger partial charge in [0, 0.05) is 50.9 Å². The molecule has 0 aliphatic carbocycles. The van der Waals surface area contributed by atoms with Gasteiger partial charge in [0.2, 0.25) is 0 Å². The van der Waals surface area contributed by atoms with E-state index in [0.717, 1.165) is 26.7 Å². The van der Waals surface area contributed by atoms with Crippen LogP contribution in [0.15, 0.2) is 44.5 Å². The number of aliphatic carboxylic acids is 1. The standard InChI is InChI=1S/C21H23N7O6S4/c22-10(4-29)6-35-5-9-3-24-2-1-12(9)38-13-8-36-19-15(18(31)28(19)16(13)20(32)33)26-17(30)14(27-34)11-7-37-21(23)25-11/h1-3,7,10,15,19,29,34H,4-6,8,22H2,(H2,23,25)(H,26,30)(H,32,33)/b27-14-/t10?,15-,19-/m1/s1. The van der Waals surface area contributed by atoms with Crippen LogP contribution in [0.4, 0.5) is 5.13 Å². The highest BCUT2D eigenvalue weighted by atomic mass is 32.2. The van der Waals surface area contributed by atoms with Crippen LogP contribution in [0.2, 0.25) is 0 Å². The maximum atomic E-state index is 13.0. The van der Waals surface area contributed by atoms with Gasteiger partial charge in [-0.05, 0) is 11.6 Å². The number of oxime groups is 1. The number of aliphatic hydroxyl groups is 1. The number of nitrogens with two attached hydrogens (primary N) is 2. The van der Waals surface area contributed by atoms with Crippen molar-refractivity contribution in [2.75, 3.05) is 23.8 Å². The monoisotopic (exact) mass is 597 g/mol. The van der Waals surface area contributed by atoms with Crippen LogP contribution in [0, 0.1) is 0 Å². The Kier molecular flexibility index (Phi) is 9.16. The largest absolute Gasteiger partial charge is 0.477 e. The molecule has 0 spiro atoms. The normalized spacial score (nSPS) is 20.1. The highest BCUT2D eigenvalue weighted by molar-refractivity contribution is 8.06. The summed E-state index contributed by atoms with van der Waals surface area (Å²) in [5.41, 5.74) is 11.7. The predicted octanol–water partition coefficient (Wildman–Crippen LogP) is 0.340. The number of aliphatic hydroxyl groups excluding tert-OH is 1. The average molecular weight is 598 g/mol. The third-order valence-electron chi connectivity index (χ3n) is 5.42. The van der Waals surface area contributed by atoms with E-state index in [1.54, 1.807) is 18.5 Å². The lowest BCUT2D eigenvalue weighted by molar-refractivity contribution is -0.150. The van der Waals surface area contributed by atoms with Gasteiger partial charge in [-0.25, -0.2) is 9.78 Å². The topological polar surface area (TPSA) is 217 Å². The summed E-state index contributed by atoms with van der Waals surface area (Å²) in [6, 6.07) is 0.424. The number of fused-ring (bicyclic) bond motifs is 1. The molecule has 1 unspecified atom stereocenters. The Labute approximate surface area is 233 Å². The Morgan fingerprint density at radius 2 is 2.18 bits per heavy atom. The third kappa shape index (κ3) is 5.92. The van der Waals surface area contributed by atoms with Crippen molar-refractivity contribution in [3.63, 3.8) is 0 Å². The zero-order valence-electron chi connectivity index (χ0n) is 19.5. The predicted molar refractivity (Wildman–Crippen MR) is 146 cm³/mol. The number of pyridine rings is 1. The van der Waals surface area contributed by atoms with Crippen LogP contribution in [0.1, 0.15) is 11.3 Å². The SMILES string of the molecule is Nc1nc(/C(=N/O)C(=O)N[C@@H]2C(=O)N3C(C(=O)O)=C(Sc4ccncc4CSCC(N)CO)CS[C@H]23)cs1. The fourth-order valence-electron chi connectivity index (χ4n) is 3.62. The molecule has 202 valence electrons. The molecule has 0 aromatic carbocycles. The first-order valence-electron chi connectivity index (χ1n) is 11.0. The molecule has 0 radical (unpaired) electrons. The van der Waals surface area contributed by atoms with E-state index in [4.69, 9.17) is 16.6 Å². The van der Waals surface area contributed by atoms with Gasteiger partial charge in [-0.15, -0.1) is 23.1 Å². The number of β-lactam (4-membered cyclic amide) rings is 1. The van der Waals surface area contributed by atoms with Gasteiger partial charge >= 0.3 is 5.97 Å². The second-order valence-corrected chi connectivity index (χ2v) is 12.2. The number of hydrogen-bond donors (Lipinski definition) is 6. The minimum absolute atomic E-state index is 0.0573. The van der Waals surface area contributed by atoms with E-state index in [1.165, 1.54) is 40.7 Å². The first-order valence-corrected chi connectivity index (χ1v) is 14.8. The number of nitrogen functional groups attached to an aromatic ring is 1. The number of thiazole rings is 1. The molecule has 2 aliphatic rings. The van der Waals surface area contributed by atoms with Crippen molar-refractivity contribution in [3.05, 3.63) is 45.7 Å². The van der Waals surface area contributed by atoms with E-state index in [2.05, 4.69) is 20.4 Å². The maximum absolute atomic E-state index is 13.0. The second kappa shape index (κ2) is 12.4. The Morgan fingerprint density at radius 3 is 2.84 bits per heavy atom. The lowest BCUT2D eigenvalue weighted by Crippen LogP contribution is -2.71. The molecule has 13 nitrogen and oxygen atoms in total. The summed E-state index contributed by atoms with van der Waals surface area (Å²) >= 11 is 5.14. The zero-order chi connectivity index (χ0) is 27.4. The fourth-order valence-corrected chi connectivity index (χ4v) is 7.80. The highest BCUT2D eigenvalue weighted by Crippen LogP contribution is 2.45. The van der Waals surface area contributed by atoms with Crippen LogP contribution in [0.3, 0.4) is 0 Å². The van der Waals surface area contributed by atoms with Crippen molar-refractivity contribution in [1.29, 1.82) is 0 Å². The fraction of sp³-hybridized carbons (Fsp3) is 0.333. The molecule has 4 heterocycles. The Hall–Kier alpha value is -2.83. The lowest BCUT2D eigenvalue weighted by Gasteiger charge is -2.49. The molecule has 38 heavy (non-hydrogen) atoms. The third-order valence-corrected chi connectivity index (χ3v) is 9.94. The van der Waals surface area contributed by atoms with Gasteiger partial charge in [0.1, 0.15) is 22.8 Å². The summed E-state index contributed by atoms with van der Waals surface area (Å²) in [6.07, 6.45) is 3.29. The highest BCUT2D eigenvalue weighted by Gasteiger charge is 2.54. The number of carboxylic acids is 1. The molecule has 1 saturated heterocycles. The van der Waals surface area contributed by atoms with Gasteiger partial charge in [0.15, 0.2) is 10.8 Å². The molecular weight excluding hydrogens is 575 g/mol. The van der Waals surface area contributed by atoms with Crippen molar-refractivity contribution in [1.82, 2.24) is 20.2 Å². The first kappa shape index (κ1) is 28.2. The summed E-state index contributed by atoms with van der Waals surface area (Å²) in [4.78, 5) is 48.4. The van der Waals surface area contributed by atoms with Crippen LogP contribution in [0.25, 0.3) is 0 Å². The quantitative estimate of drug-likeness (QED) is 0.0892. The van der Waals surface area contributed by atoms with Crippen molar-refractivity contribution < 1.29 is 29.8 Å². The molecule has 0 bridgehead atoms. The Bertz CT molecular complexity index is 1300. The van der Waals surface area contributed by atoms with E-state index in [0.29, 0.717) is 22.2 Å². The van der Waals surface area contributed by atoms with Crippen LogP contribution >= 0.6 is 46.6 Å². The van der Waals surface area contributed by atoms with Crippen molar-refractivity contribution in [2.45, 2.75) is 28.1 Å². The summed E-state index contributed by atoms with van der Waals surface area (Å²) < 4.78 is 0. The van der Waals surface area contributed by atoms with Gasteiger partial charge in [-0.2, -0.15) is 11.8 Å². The molecule has 3 atom stereocenters. The molecule has 2 aromatic heterocycles. The van der Waals surface area contributed by atoms with Crippen molar-refractivity contribution in [2.24, 2.45) is 10.9 Å². The number of nitrogens with zero attached hydrogens (tertiary/aromatic N) is 4. The second-order valence-electron chi connectivity index (χ2n) is 8.00. The number of anilines is 1. The van der Waals surface area contributed by atoms with Crippen LogP contribution < -0.4 is 16.8 Å². The first-order chi connectivity index (χ1) is 18.2. The smallest absolute Gasteiger partial charge is 0.353 e. The number of carbonyl (C=O) groups excluding carboxylic acids is 2. The van der Waals surface area contributed by atoms with Crippen LogP contribution in [-0.4, -0.2) is 89.4 Å². The maximum Gasteiger partial charge on any atom is 0.353 e. The van der Waals surface area contributed by atoms with E-state index in [9.17, 15) is 24.7 Å². The molecule has 0 saturated carbocycles. The van der Waals surface area contributed by atoms with Gasteiger partial charge in [0.25, 0.3) is 11.8 Å². The molecule has 1 fully saturated rings. The number of carbonyl (C=O) groups is 3. The Morgan fingerprint density at radius 1 is 1.39 bits per heavy atom. The van der Waals surface area contributed by atoms with Gasteiger partial charge in [-0.3, -0.25) is 19.5 Å². The van der Waals surface area contributed by atoms with Crippen LogP contribution in [-0.2, 0) is 20.1 Å². The van der Waals surface area contributed by atoms with Crippen LogP contribution in [0.5, 0.6) is 0 Å². The molecule has 2 aromatic rings. The van der Waals surface area contributed by atoms with Gasteiger partial charge < -0.3 is 32.2 Å². The molecule has 17 heteroatoms. The zero-order valence-corrected chi connectivity index (χ0v) is 22.8. The molecule has 4 rings (SSSR count). The minimum atomic E-state index is -1.26. The van der Waals surface area contributed by atoms with E-state index in [1.807, 2.05) is 0 Å². The Balaban J connectivity index is 1.49. The van der Waals surface area contributed by atoms with E-state index >= 15 is 0 Å². The summed E-state index contributed by atoms with van der Waals surface area (Å²) in [5, 5.41) is 34.9. The van der Waals surface area contributed by atoms with Crippen molar-refractivity contribution in [3.8, 4) is 0 Å². The van der Waals surface area contributed by atoms with Gasteiger partial charge in [-0.1, -0.05) is 16.9 Å². The van der Waals surface area contributed by atoms with Crippen molar-refractivity contribution >= 4 is 75.2 Å². The number of hydrogen-bond acceptors (Lipinski definition) is 14. The summed E-state index contributed by atoms with van der Waals surface area (Å²) in [5.74, 6) is -1.29. The molecule has 2 aliphatic heterocycles. The summed E-state index contributed by atoms with van der Waals surface area (Å²) in [7, 11) is 0. The lowest BCUT2D eigenvalue weighted by atomic mass is 10.0. The number of carboxylic acid groups (broad SMARTS) is 1. The molecule has 2 amide bonds. The molecule has 8 N–H and O–H groups in total. The number of amides is 2. The van der Waals surface area contributed by atoms with E-state index < -0.39 is 34.9 Å². The van der Waals surface area contributed by atoms with Gasteiger partial charge in [0.05, 0.1) is 6.61 Å². The number of nitrogens with one attached hydrogen (secondary N) is 1. The summed E-state index contributed by atoms with van der Waals surface area (Å²) in [6.45, 7) is -0.117.